The molecule has 0 amide bonds. The molecule has 100 valence electrons. The molecule has 1 aromatic rings. The molecule has 1 heterocycles. The average molecular weight is 316 g/mol. The van der Waals surface area contributed by atoms with Crippen LogP contribution in [-0.4, -0.2) is 19.3 Å². The van der Waals surface area contributed by atoms with Crippen LogP contribution in [0.3, 0.4) is 0 Å². The van der Waals surface area contributed by atoms with Gasteiger partial charge in [-0.25, -0.2) is 4.39 Å². The summed E-state index contributed by atoms with van der Waals surface area (Å²) in [5.74, 6) is -0.204. The molecule has 0 aliphatic carbocycles. The van der Waals surface area contributed by atoms with Crippen molar-refractivity contribution >= 4 is 15.9 Å². The molecule has 1 atom stereocenters. The van der Waals surface area contributed by atoms with E-state index in [1.54, 1.807) is 12.1 Å². The van der Waals surface area contributed by atoms with Gasteiger partial charge in [0.15, 0.2) is 0 Å². The van der Waals surface area contributed by atoms with Gasteiger partial charge in [-0.2, -0.15) is 0 Å². The Morgan fingerprint density at radius 2 is 2.28 bits per heavy atom. The van der Waals surface area contributed by atoms with Crippen molar-refractivity contribution in [1.29, 1.82) is 0 Å². The zero-order valence-corrected chi connectivity index (χ0v) is 12.0. The van der Waals surface area contributed by atoms with Gasteiger partial charge in [0, 0.05) is 13.2 Å². The monoisotopic (exact) mass is 315 g/mol. The summed E-state index contributed by atoms with van der Waals surface area (Å²) in [6, 6.07) is 5.24. The molecule has 2 nitrogen and oxygen atoms in total. The average Bonchev–Trinajstić information content (AvgIpc) is 2.40. The van der Waals surface area contributed by atoms with E-state index in [0.717, 1.165) is 25.1 Å². The highest BCUT2D eigenvalue weighted by atomic mass is 79.9. The van der Waals surface area contributed by atoms with Gasteiger partial charge in [-0.15, -0.1) is 0 Å². The lowest BCUT2D eigenvalue weighted by Gasteiger charge is -2.22. The summed E-state index contributed by atoms with van der Waals surface area (Å²) in [6.07, 6.45) is 5.10. The van der Waals surface area contributed by atoms with Crippen LogP contribution in [0.5, 0.6) is 0 Å². The first-order valence-corrected chi connectivity index (χ1v) is 7.31. The fourth-order valence-electron chi connectivity index (χ4n) is 2.18. The van der Waals surface area contributed by atoms with Crippen LogP contribution in [-0.2, 0) is 11.3 Å². The number of hydrogen-bond acceptors (Lipinski definition) is 2. The summed E-state index contributed by atoms with van der Waals surface area (Å²) >= 11 is 3.15. The highest BCUT2D eigenvalue weighted by Gasteiger charge is 2.12. The fraction of sp³-hybridized carbons (Fsp3) is 0.571. The molecule has 0 saturated carbocycles. The third-order valence-corrected chi connectivity index (χ3v) is 3.87. The van der Waals surface area contributed by atoms with Gasteiger partial charge in [-0.1, -0.05) is 6.07 Å². The Hall–Kier alpha value is -0.450. The van der Waals surface area contributed by atoms with Crippen molar-refractivity contribution in [3.63, 3.8) is 0 Å². The summed E-state index contributed by atoms with van der Waals surface area (Å²) < 4.78 is 19.5. The molecule has 2 rings (SSSR count). The minimum absolute atomic E-state index is 0.204. The number of hydrogen-bond donors (Lipinski definition) is 1. The molecule has 1 fully saturated rings. The highest BCUT2D eigenvalue weighted by Crippen LogP contribution is 2.17. The molecule has 0 radical (unpaired) electrons. The Kier molecular flexibility index (Phi) is 5.60. The Morgan fingerprint density at radius 3 is 3.00 bits per heavy atom. The van der Waals surface area contributed by atoms with E-state index in [2.05, 4.69) is 21.2 Å². The maximum atomic E-state index is 13.3. The molecule has 4 heteroatoms. The molecule has 1 aliphatic heterocycles. The lowest BCUT2D eigenvalue weighted by molar-refractivity contribution is 0.0115. The smallest absolute Gasteiger partial charge is 0.137 e. The van der Waals surface area contributed by atoms with E-state index in [4.69, 9.17) is 4.74 Å². The molecule has 1 aliphatic rings. The van der Waals surface area contributed by atoms with Crippen molar-refractivity contribution in [2.45, 2.75) is 38.3 Å². The molecule has 0 bridgehead atoms. The quantitative estimate of drug-likeness (QED) is 0.838. The van der Waals surface area contributed by atoms with Crippen LogP contribution < -0.4 is 5.32 Å². The van der Waals surface area contributed by atoms with Gasteiger partial charge in [-0.05, 0) is 65.9 Å². The van der Waals surface area contributed by atoms with Crippen LogP contribution in [0.25, 0.3) is 0 Å². The maximum Gasteiger partial charge on any atom is 0.137 e. The Balaban J connectivity index is 1.66. The van der Waals surface area contributed by atoms with Crippen molar-refractivity contribution < 1.29 is 9.13 Å². The number of nitrogens with one attached hydrogen (secondary N) is 1. The highest BCUT2D eigenvalue weighted by molar-refractivity contribution is 9.10. The second-order valence-corrected chi connectivity index (χ2v) is 5.56. The third kappa shape index (κ3) is 4.34. The van der Waals surface area contributed by atoms with E-state index in [1.165, 1.54) is 19.3 Å². The molecule has 0 aromatic heterocycles. The second-order valence-electron chi connectivity index (χ2n) is 4.70. The molecular formula is C14H19BrFNO. The number of halogens is 2. The molecule has 1 aromatic carbocycles. The third-order valence-electron chi connectivity index (χ3n) is 3.23. The van der Waals surface area contributed by atoms with Crippen molar-refractivity contribution in [3.8, 4) is 0 Å². The normalized spacial score (nSPS) is 20.0. The molecule has 1 N–H and O–H groups in total. The summed E-state index contributed by atoms with van der Waals surface area (Å²) in [6.45, 7) is 2.53. The van der Waals surface area contributed by atoms with Gasteiger partial charge >= 0.3 is 0 Å². The van der Waals surface area contributed by atoms with Crippen molar-refractivity contribution in [3.05, 3.63) is 34.1 Å². The number of rotatable bonds is 5. The summed E-state index contributed by atoms with van der Waals surface area (Å²) in [5.41, 5.74) is 0.972. The van der Waals surface area contributed by atoms with Crippen LogP contribution in [0.4, 0.5) is 4.39 Å². The topological polar surface area (TPSA) is 21.3 Å². The van der Waals surface area contributed by atoms with Crippen molar-refractivity contribution in [1.82, 2.24) is 5.32 Å². The van der Waals surface area contributed by atoms with E-state index in [1.807, 2.05) is 6.07 Å². The minimum atomic E-state index is -0.204. The summed E-state index contributed by atoms with van der Waals surface area (Å²) in [4.78, 5) is 0. The van der Waals surface area contributed by atoms with E-state index in [9.17, 15) is 4.39 Å². The van der Waals surface area contributed by atoms with Crippen LogP contribution >= 0.6 is 15.9 Å². The summed E-state index contributed by atoms with van der Waals surface area (Å²) in [7, 11) is 0. The Bertz CT molecular complexity index is 380. The Labute approximate surface area is 116 Å². The zero-order chi connectivity index (χ0) is 12.8. The van der Waals surface area contributed by atoms with Crippen molar-refractivity contribution in [2.24, 2.45) is 0 Å². The first kappa shape index (κ1) is 14.0. The van der Waals surface area contributed by atoms with Crippen LogP contribution in [0, 0.1) is 5.82 Å². The Morgan fingerprint density at radius 1 is 1.39 bits per heavy atom. The van der Waals surface area contributed by atoms with Crippen molar-refractivity contribution in [2.75, 3.05) is 13.2 Å². The van der Waals surface area contributed by atoms with Gasteiger partial charge in [0.25, 0.3) is 0 Å². The molecule has 0 spiro atoms. The van der Waals surface area contributed by atoms with Gasteiger partial charge < -0.3 is 10.1 Å². The number of ether oxygens (including phenoxy) is 1. The second kappa shape index (κ2) is 7.22. The maximum absolute atomic E-state index is 13.3. The molecular weight excluding hydrogens is 297 g/mol. The summed E-state index contributed by atoms with van der Waals surface area (Å²) in [5, 5.41) is 3.33. The predicted octanol–water partition coefficient (Wildman–Crippen LogP) is 3.64. The standard InChI is InChI=1S/C14H19BrFNO/c15-13-5-4-11(9-14(13)16)10-17-7-6-12-3-1-2-8-18-12/h4-5,9,12,17H,1-3,6-8,10H2. The largest absolute Gasteiger partial charge is 0.378 e. The van der Waals surface area contributed by atoms with E-state index in [-0.39, 0.29) is 5.82 Å². The van der Waals surface area contributed by atoms with Crippen LogP contribution in [0.2, 0.25) is 0 Å². The van der Waals surface area contributed by atoms with Gasteiger partial charge in [0.2, 0.25) is 0 Å². The van der Waals surface area contributed by atoms with Gasteiger partial charge in [0.05, 0.1) is 10.6 Å². The van der Waals surface area contributed by atoms with Crippen LogP contribution in [0.1, 0.15) is 31.2 Å². The number of benzene rings is 1. The minimum Gasteiger partial charge on any atom is -0.378 e. The first-order valence-electron chi connectivity index (χ1n) is 6.52. The van der Waals surface area contributed by atoms with E-state index < -0.39 is 0 Å². The zero-order valence-electron chi connectivity index (χ0n) is 10.4. The SMILES string of the molecule is Fc1cc(CNCCC2CCCCO2)ccc1Br. The van der Waals surface area contributed by atoms with E-state index >= 15 is 0 Å². The van der Waals surface area contributed by atoms with Gasteiger partial charge in [-0.3, -0.25) is 0 Å². The first-order chi connectivity index (χ1) is 8.75. The lowest BCUT2D eigenvalue weighted by Crippen LogP contribution is -2.25. The van der Waals surface area contributed by atoms with Gasteiger partial charge in [0.1, 0.15) is 5.82 Å². The fourth-order valence-corrected chi connectivity index (χ4v) is 2.43. The molecule has 18 heavy (non-hydrogen) atoms. The van der Waals surface area contributed by atoms with Crippen LogP contribution in [0.15, 0.2) is 22.7 Å². The lowest BCUT2D eigenvalue weighted by atomic mass is 10.1. The van der Waals surface area contributed by atoms with E-state index in [0.29, 0.717) is 17.1 Å². The molecule has 1 saturated heterocycles. The molecule has 1 unspecified atom stereocenters. The predicted molar refractivity (Wildman–Crippen MR) is 74.0 cm³/mol.